The quantitative estimate of drug-likeness (QED) is 0.360. The van der Waals surface area contributed by atoms with Gasteiger partial charge in [-0.1, -0.05) is 62.7 Å². The molecule has 156 valence electrons. The van der Waals surface area contributed by atoms with Crippen LogP contribution in [0.15, 0.2) is 36.7 Å². The topological polar surface area (TPSA) is 62.1 Å². The van der Waals surface area contributed by atoms with Gasteiger partial charge < -0.3 is 13.7 Å². The zero-order chi connectivity index (χ0) is 21.1. The van der Waals surface area contributed by atoms with Crippen LogP contribution in [0.2, 0.25) is 23.3 Å². The van der Waals surface area contributed by atoms with Gasteiger partial charge in [-0.15, -0.1) is 0 Å². The van der Waals surface area contributed by atoms with Crippen LogP contribution < -0.4 is 0 Å². The number of aromatic nitrogens is 4. The summed E-state index contributed by atoms with van der Waals surface area (Å²) in [7, 11) is -1.83. The van der Waals surface area contributed by atoms with Crippen molar-refractivity contribution in [2.45, 2.75) is 58.7 Å². The van der Waals surface area contributed by atoms with E-state index in [0.29, 0.717) is 42.7 Å². The maximum absolute atomic E-state index is 6.35. The Bertz CT molecular complexity index is 954. The smallest absolute Gasteiger partial charge is 0.192 e. The Hall–Kier alpha value is -1.80. The van der Waals surface area contributed by atoms with Crippen molar-refractivity contribution in [1.29, 1.82) is 0 Å². The number of rotatable bonds is 8. The van der Waals surface area contributed by atoms with E-state index in [4.69, 9.17) is 20.8 Å². The van der Waals surface area contributed by atoms with E-state index in [2.05, 4.69) is 48.8 Å². The van der Waals surface area contributed by atoms with Crippen LogP contribution in [0.3, 0.4) is 0 Å². The molecule has 0 aliphatic heterocycles. The van der Waals surface area contributed by atoms with E-state index < -0.39 is 8.32 Å². The first-order chi connectivity index (χ1) is 13.7. The first-order valence-corrected chi connectivity index (χ1v) is 13.1. The van der Waals surface area contributed by atoms with Gasteiger partial charge in [0.2, 0.25) is 0 Å². The van der Waals surface area contributed by atoms with E-state index in [0.717, 1.165) is 11.4 Å². The molecule has 3 aromatic rings. The van der Waals surface area contributed by atoms with Crippen LogP contribution in [0.1, 0.15) is 32.2 Å². The van der Waals surface area contributed by atoms with Crippen LogP contribution in [0.25, 0.3) is 11.2 Å². The Balaban J connectivity index is 1.75. The zero-order valence-corrected chi connectivity index (χ0v) is 19.5. The van der Waals surface area contributed by atoms with Crippen molar-refractivity contribution < 1.29 is 9.16 Å². The summed E-state index contributed by atoms with van der Waals surface area (Å²) in [5.74, 6) is 0.775. The molecule has 0 atom stereocenters. The van der Waals surface area contributed by atoms with Gasteiger partial charge in [0.15, 0.2) is 19.1 Å². The molecule has 6 nitrogen and oxygen atoms in total. The summed E-state index contributed by atoms with van der Waals surface area (Å²) in [4.78, 5) is 13.1. The third-order valence-electron chi connectivity index (χ3n) is 5.49. The highest BCUT2D eigenvalue weighted by molar-refractivity contribution is 6.74. The van der Waals surface area contributed by atoms with Gasteiger partial charge in [0, 0.05) is 6.54 Å². The van der Waals surface area contributed by atoms with Crippen molar-refractivity contribution in [3.63, 3.8) is 0 Å². The van der Waals surface area contributed by atoms with Crippen molar-refractivity contribution in [2.75, 3.05) is 6.61 Å². The maximum Gasteiger partial charge on any atom is 0.192 e. The van der Waals surface area contributed by atoms with Crippen molar-refractivity contribution >= 4 is 31.1 Å². The summed E-state index contributed by atoms with van der Waals surface area (Å²) in [5, 5.41) is 0.514. The SMILES string of the molecule is CC(C)(C)[Si](C)(C)OCCn1c(COCc2ccccc2)nc2c(Cl)ncnc21. The number of imidazole rings is 1. The summed E-state index contributed by atoms with van der Waals surface area (Å²) in [6.45, 7) is 13.3. The molecule has 0 bridgehead atoms. The van der Waals surface area contributed by atoms with Crippen LogP contribution in [-0.2, 0) is 28.9 Å². The third kappa shape index (κ3) is 5.22. The summed E-state index contributed by atoms with van der Waals surface area (Å²) >= 11 is 6.25. The van der Waals surface area contributed by atoms with Crippen molar-refractivity contribution in [3.05, 3.63) is 53.2 Å². The fourth-order valence-corrected chi connectivity index (χ4v) is 3.95. The second kappa shape index (κ2) is 8.91. The molecule has 2 heterocycles. The van der Waals surface area contributed by atoms with Crippen molar-refractivity contribution in [2.24, 2.45) is 0 Å². The largest absolute Gasteiger partial charge is 0.415 e. The molecule has 0 unspecified atom stereocenters. The molecule has 0 amide bonds. The van der Waals surface area contributed by atoms with Gasteiger partial charge in [-0.3, -0.25) is 0 Å². The van der Waals surface area contributed by atoms with E-state index in [1.165, 1.54) is 6.33 Å². The van der Waals surface area contributed by atoms with E-state index in [1.54, 1.807) is 0 Å². The Morgan fingerprint density at radius 1 is 1.07 bits per heavy atom. The van der Waals surface area contributed by atoms with E-state index in [-0.39, 0.29) is 5.04 Å². The van der Waals surface area contributed by atoms with Gasteiger partial charge in [-0.25, -0.2) is 15.0 Å². The lowest BCUT2D eigenvalue weighted by Gasteiger charge is -2.36. The summed E-state index contributed by atoms with van der Waals surface area (Å²) in [5.41, 5.74) is 2.43. The molecule has 0 aliphatic carbocycles. The molecule has 0 N–H and O–H groups in total. The van der Waals surface area contributed by atoms with Gasteiger partial charge in [-0.05, 0) is 23.7 Å². The predicted molar refractivity (Wildman–Crippen MR) is 118 cm³/mol. The summed E-state index contributed by atoms with van der Waals surface area (Å²) in [6.07, 6.45) is 1.46. The molecule has 0 saturated heterocycles. The first kappa shape index (κ1) is 21.9. The van der Waals surface area contributed by atoms with E-state index >= 15 is 0 Å². The number of fused-ring (bicyclic) bond motifs is 1. The van der Waals surface area contributed by atoms with Gasteiger partial charge >= 0.3 is 0 Å². The molecule has 0 radical (unpaired) electrons. The highest BCUT2D eigenvalue weighted by atomic mass is 35.5. The fourth-order valence-electron chi connectivity index (χ4n) is 2.74. The molecule has 1 aromatic carbocycles. The number of benzene rings is 1. The number of ether oxygens (including phenoxy) is 1. The average molecular weight is 433 g/mol. The molecular weight excluding hydrogens is 404 g/mol. The van der Waals surface area contributed by atoms with Crippen LogP contribution in [0, 0.1) is 0 Å². The monoisotopic (exact) mass is 432 g/mol. The first-order valence-electron chi connectivity index (χ1n) is 9.80. The molecule has 0 aliphatic rings. The lowest BCUT2D eigenvalue weighted by atomic mass is 10.2. The number of nitrogens with zero attached hydrogens (tertiary/aromatic N) is 4. The van der Waals surface area contributed by atoms with Crippen LogP contribution >= 0.6 is 11.6 Å². The Kier molecular flexibility index (Phi) is 6.73. The van der Waals surface area contributed by atoms with Gasteiger partial charge in [0.25, 0.3) is 0 Å². The number of hydrogen-bond acceptors (Lipinski definition) is 5. The third-order valence-corrected chi connectivity index (χ3v) is 10.3. The van der Waals surface area contributed by atoms with Crippen molar-refractivity contribution in [3.8, 4) is 0 Å². The highest BCUT2D eigenvalue weighted by Gasteiger charge is 2.37. The van der Waals surface area contributed by atoms with Crippen LogP contribution in [0.5, 0.6) is 0 Å². The Morgan fingerprint density at radius 3 is 2.48 bits per heavy atom. The summed E-state index contributed by atoms with van der Waals surface area (Å²) < 4.78 is 14.3. The van der Waals surface area contributed by atoms with Gasteiger partial charge in [0.05, 0.1) is 13.2 Å². The fraction of sp³-hybridized carbons (Fsp3) is 0.476. The predicted octanol–water partition coefficient (Wildman–Crippen LogP) is 5.22. The Labute approximate surface area is 178 Å². The molecule has 8 heteroatoms. The number of halogens is 1. The van der Waals surface area contributed by atoms with Crippen molar-refractivity contribution in [1.82, 2.24) is 19.5 Å². The van der Waals surface area contributed by atoms with Gasteiger partial charge in [-0.2, -0.15) is 0 Å². The normalized spacial score (nSPS) is 12.6. The van der Waals surface area contributed by atoms with E-state index in [1.807, 2.05) is 34.9 Å². The van der Waals surface area contributed by atoms with Crippen LogP contribution in [0.4, 0.5) is 0 Å². The molecular formula is C21H29ClN4O2Si. The van der Waals surface area contributed by atoms with Gasteiger partial charge in [0.1, 0.15) is 24.3 Å². The summed E-state index contributed by atoms with van der Waals surface area (Å²) in [6, 6.07) is 10.1. The molecule has 0 saturated carbocycles. The second-order valence-electron chi connectivity index (χ2n) is 8.60. The minimum absolute atomic E-state index is 0.164. The molecule has 3 rings (SSSR count). The zero-order valence-electron chi connectivity index (χ0n) is 17.8. The molecule has 29 heavy (non-hydrogen) atoms. The second-order valence-corrected chi connectivity index (χ2v) is 13.8. The molecule has 0 spiro atoms. The lowest BCUT2D eigenvalue weighted by Crippen LogP contribution is -2.41. The van der Waals surface area contributed by atoms with Crippen LogP contribution in [-0.4, -0.2) is 34.4 Å². The minimum Gasteiger partial charge on any atom is -0.415 e. The lowest BCUT2D eigenvalue weighted by molar-refractivity contribution is 0.0988. The Morgan fingerprint density at radius 2 is 1.79 bits per heavy atom. The highest BCUT2D eigenvalue weighted by Crippen LogP contribution is 2.36. The standard InChI is InChI=1S/C21H29ClN4O2Si/c1-21(2,3)29(4,5)28-12-11-26-17(14-27-13-16-9-7-6-8-10-16)25-18-19(22)23-15-24-20(18)26/h6-10,15H,11-14H2,1-5H3. The average Bonchev–Trinajstić information content (AvgIpc) is 3.01. The van der Waals surface area contributed by atoms with E-state index in [9.17, 15) is 0 Å². The maximum atomic E-state index is 6.35. The number of hydrogen-bond donors (Lipinski definition) is 0. The molecule has 0 fully saturated rings. The minimum atomic E-state index is -1.83. The molecule has 2 aromatic heterocycles.